The smallest absolute Gasteiger partial charge is 0.332 e. The van der Waals surface area contributed by atoms with Crippen LogP contribution in [0.2, 0.25) is 0 Å². The summed E-state index contributed by atoms with van der Waals surface area (Å²) in [4.78, 5) is 15.4. The molecule has 0 heterocycles. The molecule has 0 spiro atoms. The Balaban J connectivity index is 1.93. The maximum absolute atomic E-state index is 10.4. The number of carboxylic acid groups (broad SMARTS) is 1. The zero-order chi connectivity index (χ0) is 13.8. The fraction of sp³-hybridized carbons (Fsp3) is 0.385. The predicted molar refractivity (Wildman–Crippen MR) is 76.0 cm³/mol. The molecule has 0 fully saturated rings. The molecule has 6 heteroatoms. The van der Waals surface area contributed by atoms with E-state index in [0.717, 1.165) is 18.5 Å². The van der Waals surface area contributed by atoms with Gasteiger partial charge in [0.2, 0.25) is 0 Å². The summed E-state index contributed by atoms with van der Waals surface area (Å²) in [6, 6.07) is 6.16. The fourth-order valence-electron chi connectivity index (χ4n) is 2.06. The number of nitrogens with zero attached hydrogens (tertiary/aromatic N) is 1. The highest BCUT2D eigenvalue weighted by atomic mass is 32.1. The van der Waals surface area contributed by atoms with Crippen molar-refractivity contribution in [1.29, 1.82) is 0 Å². The number of thiocarbonyl (C=S) groups is 1. The van der Waals surface area contributed by atoms with Crippen LogP contribution in [0.3, 0.4) is 0 Å². The van der Waals surface area contributed by atoms with Crippen LogP contribution in [0.1, 0.15) is 17.5 Å². The number of fused-ring (bicyclic) bond motifs is 1. The largest absolute Gasteiger partial charge is 0.479 e. The molecular weight excluding hydrogens is 264 g/mol. The second-order valence-electron chi connectivity index (χ2n) is 4.43. The molecule has 1 aliphatic rings. The average Bonchev–Trinajstić information content (AvgIpc) is 2.83. The molecule has 1 aliphatic carbocycles. The lowest BCUT2D eigenvalue weighted by Crippen LogP contribution is -2.33. The van der Waals surface area contributed by atoms with Gasteiger partial charge in [-0.2, -0.15) is 0 Å². The third-order valence-corrected chi connectivity index (χ3v) is 3.38. The molecule has 0 radical (unpaired) electrons. The number of nitrogens with one attached hydrogen (secondary N) is 1. The Bertz CT molecular complexity index is 505. The molecule has 0 aliphatic heterocycles. The summed E-state index contributed by atoms with van der Waals surface area (Å²) >= 11 is 5.14. The molecule has 1 aromatic carbocycles. The minimum Gasteiger partial charge on any atom is -0.479 e. The highest BCUT2D eigenvalue weighted by Crippen LogP contribution is 2.24. The molecule has 0 saturated heterocycles. The van der Waals surface area contributed by atoms with Gasteiger partial charge >= 0.3 is 5.97 Å². The first-order chi connectivity index (χ1) is 9.06. The Kier molecular flexibility index (Phi) is 4.34. The third kappa shape index (κ3) is 3.65. The summed E-state index contributed by atoms with van der Waals surface area (Å²) in [6.07, 6.45) is 3.44. The van der Waals surface area contributed by atoms with Crippen LogP contribution >= 0.6 is 12.2 Å². The summed E-state index contributed by atoms with van der Waals surface area (Å²) in [5.41, 5.74) is 3.64. The quantitative estimate of drug-likeness (QED) is 0.648. The number of aryl methyl sites for hydroxylation is 2. The highest BCUT2D eigenvalue weighted by molar-refractivity contribution is 7.80. The van der Waals surface area contributed by atoms with Crippen molar-refractivity contribution < 1.29 is 14.7 Å². The van der Waals surface area contributed by atoms with E-state index in [1.54, 1.807) is 7.05 Å². The highest BCUT2D eigenvalue weighted by Gasteiger charge is 2.12. The first-order valence-electron chi connectivity index (χ1n) is 6.07. The Morgan fingerprint density at radius 2 is 2.21 bits per heavy atom. The number of hydroxylamine groups is 2. The van der Waals surface area contributed by atoms with Crippen LogP contribution in [0.15, 0.2) is 18.2 Å². The Morgan fingerprint density at radius 1 is 1.47 bits per heavy atom. The molecule has 5 nitrogen and oxygen atoms in total. The SMILES string of the molecule is CN(OCC(=O)O)C(=S)Nc1ccc2c(c1)CCC2. The molecule has 0 aromatic heterocycles. The number of anilines is 1. The van der Waals surface area contributed by atoms with Crippen molar-refractivity contribution in [3.63, 3.8) is 0 Å². The zero-order valence-corrected chi connectivity index (χ0v) is 11.5. The van der Waals surface area contributed by atoms with Crippen LogP contribution in [0, 0.1) is 0 Å². The Labute approximate surface area is 117 Å². The van der Waals surface area contributed by atoms with Crippen molar-refractivity contribution in [2.75, 3.05) is 19.0 Å². The second-order valence-corrected chi connectivity index (χ2v) is 4.82. The van der Waals surface area contributed by atoms with E-state index in [4.69, 9.17) is 22.2 Å². The van der Waals surface area contributed by atoms with E-state index in [9.17, 15) is 4.79 Å². The van der Waals surface area contributed by atoms with Crippen molar-refractivity contribution in [3.05, 3.63) is 29.3 Å². The number of hydrogen-bond acceptors (Lipinski definition) is 3. The van der Waals surface area contributed by atoms with E-state index in [-0.39, 0.29) is 0 Å². The first-order valence-corrected chi connectivity index (χ1v) is 6.48. The summed E-state index contributed by atoms with van der Waals surface area (Å²) in [6.45, 7) is -0.414. The molecule has 0 saturated carbocycles. The standard InChI is InChI=1S/C13H16N2O3S/c1-15(18-8-12(16)17)13(19)14-11-6-5-9-3-2-4-10(9)7-11/h5-7H,2-4,8H2,1H3,(H,14,19)(H,16,17). The molecule has 19 heavy (non-hydrogen) atoms. The van der Waals surface area contributed by atoms with E-state index >= 15 is 0 Å². The number of carboxylic acids is 1. The number of hydrogen-bond donors (Lipinski definition) is 2. The molecule has 0 atom stereocenters. The van der Waals surface area contributed by atoms with Crippen LogP contribution in [-0.4, -0.2) is 34.9 Å². The molecule has 1 aromatic rings. The normalized spacial score (nSPS) is 12.9. The lowest BCUT2D eigenvalue weighted by Gasteiger charge is -2.19. The van der Waals surface area contributed by atoms with Gasteiger partial charge in [0.05, 0.1) is 0 Å². The van der Waals surface area contributed by atoms with Crippen molar-refractivity contribution in [1.82, 2.24) is 5.06 Å². The van der Waals surface area contributed by atoms with E-state index in [1.807, 2.05) is 6.07 Å². The van der Waals surface area contributed by atoms with Gasteiger partial charge in [0.15, 0.2) is 11.7 Å². The van der Waals surface area contributed by atoms with Gasteiger partial charge in [-0.15, -0.1) is 0 Å². The number of carbonyl (C=O) groups is 1. The van der Waals surface area contributed by atoms with Gasteiger partial charge < -0.3 is 10.4 Å². The van der Waals surface area contributed by atoms with E-state index < -0.39 is 12.6 Å². The van der Waals surface area contributed by atoms with Gasteiger partial charge in [-0.25, -0.2) is 9.86 Å². The summed E-state index contributed by atoms with van der Waals surface area (Å²) < 4.78 is 0. The molecule has 0 amide bonds. The first kappa shape index (κ1) is 13.8. The van der Waals surface area contributed by atoms with Crippen LogP contribution in [0.4, 0.5) is 5.69 Å². The Hall–Kier alpha value is -1.66. The van der Waals surface area contributed by atoms with E-state index in [1.165, 1.54) is 22.6 Å². The maximum atomic E-state index is 10.4. The second kappa shape index (κ2) is 5.99. The summed E-state index contributed by atoms with van der Waals surface area (Å²) in [5, 5.41) is 13.1. The number of rotatable bonds is 4. The van der Waals surface area contributed by atoms with Gasteiger partial charge in [0, 0.05) is 12.7 Å². The van der Waals surface area contributed by atoms with Gasteiger partial charge in [-0.05, 0) is 54.7 Å². The van der Waals surface area contributed by atoms with Gasteiger partial charge in [0.1, 0.15) is 0 Å². The van der Waals surface area contributed by atoms with E-state index in [2.05, 4.69) is 17.4 Å². The molecular formula is C13H16N2O3S. The van der Waals surface area contributed by atoms with Gasteiger partial charge in [0.25, 0.3) is 0 Å². The van der Waals surface area contributed by atoms with E-state index in [0.29, 0.717) is 5.11 Å². The Morgan fingerprint density at radius 3 is 2.95 bits per heavy atom. The lowest BCUT2D eigenvalue weighted by molar-refractivity contribution is -0.155. The van der Waals surface area contributed by atoms with Crippen LogP contribution < -0.4 is 5.32 Å². The molecule has 2 rings (SSSR count). The molecule has 2 N–H and O–H groups in total. The minimum atomic E-state index is -1.04. The number of benzene rings is 1. The van der Waals surface area contributed by atoms with Crippen molar-refractivity contribution in [2.24, 2.45) is 0 Å². The monoisotopic (exact) mass is 280 g/mol. The predicted octanol–water partition coefficient (Wildman–Crippen LogP) is 1.82. The van der Waals surface area contributed by atoms with Crippen molar-refractivity contribution in [3.8, 4) is 0 Å². The lowest BCUT2D eigenvalue weighted by atomic mass is 10.1. The molecule has 102 valence electrons. The number of aliphatic carboxylic acids is 1. The zero-order valence-electron chi connectivity index (χ0n) is 10.7. The van der Waals surface area contributed by atoms with Crippen LogP contribution in [0.25, 0.3) is 0 Å². The van der Waals surface area contributed by atoms with Crippen molar-refractivity contribution in [2.45, 2.75) is 19.3 Å². The van der Waals surface area contributed by atoms with Crippen LogP contribution in [0.5, 0.6) is 0 Å². The molecule has 0 unspecified atom stereocenters. The summed E-state index contributed by atoms with van der Waals surface area (Å²) in [5.74, 6) is -1.04. The van der Waals surface area contributed by atoms with Crippen LogP contribution in [-0.2, 0) is 22.5 Å². The van der Waals surface area contributed by atoms with Gasteiger partial charge in [-0.1, -0.05) is 6.07 Å². The third-order valence-electron chi connectivity index (χ3n) is 3.02. The maximum Gasteiger partial charge on any atom is 0.332 e. The average molecular weight is 280 g/mol. The topological polar surface area (TPSA) is 61.8 Å². The summed E-state index contributed by atoms with van der Waals surface area (Å²) in [7, 11) is 1.58. The minimum absolute atomic E-state index is 0.333. The van der Waals surface area contributed by atoms with Gasteiger partial charge in [-0.3, -0.25) is 4.84 Å². The fourth-order valence-corrected chi connectivity index (χ4v) is 2.23. The molecule has 0 bridgehead atoms. The van der Waals surface area contributed by atoms with Crippen molar-refractivity contribution >= 4 is 29.0 Å².